The van der Waals surface area contributed by atoms with E-state index in [1.54, 1.807) is 38.1 Å². The summed E-state index contributed by atoms with van der Waals surface area (Å²) < 4.78 is 3.94. The predicted octanol–water partition coefficient (Wildman–Crippen LogP) is 2.59. The highest BCUT2D eigenvalue weighted by atomic mass is 79.9. The molecule has 0 saturated heterocycles. The molecule has 0 radical (unpaired) electrons. The number of esters is 1. The van der Waals surface area contributed by atoms with E-state index in [4.69, 9.17) is 0 Å². The minimum absolute atomic E-state index is 0.181. The smallest absolute Gasteiger partial charge is 0.337 e. The summed E-state index contributed by atoms with van der Waals surface area (Å²) in [6.07, 6.45) is 0. The van der Waals surface area contributed by atoms with Gasteiger partial charge in [0, 0.05) is 5.69 Å². The number of rotatable bonds is 3. The first-order valence-electron chi connectivity index (χ1n) is 5.03. The zero-order valence-corrected chi connectivity index (χ0v) is 11.5. The van der Waals surface area contributed by atoms with Gasteiger partial charge in [-0.25, -0.2) is 4.79 Å². The number of methoxy groups -OCH3 is 1. The lowest BCUT2D eigenvalue weighted by Gasteiger charge is -2.16. The fourth-order valence-electron chi connectivity index (χ4n) is 1.12. The number of hydrogen-bond acceptors (Lipinski definition) is 3. The Bertz CT molecular complexity index is 438. The summed E-state index contributed by atoms with van der Waals surface area (Å²) in [6.45, 7) is 3.49. The average Bonchev–Trinajstić information content (AvgIpc) is 2.27. The van der Waals surface area contributed by atoms with Gasteiger partial charge in [-0.15, -0.1) is 0 Å². The SMILES string of the molecule is COC(=O)c1cccc(NC(=O)C(C)(C)Br)c1. The number of carbonyl (C=O) groups is 2. The minimum atomic E-state index is -0.658. The van der Waals surface area contributed by atoms with E-state index < -0.39 is 10.3 Å². The van der Waals surface area contributed by atoms with E-state index in [9.17, 15) is 9.59 Å². The lowest BCUT2D eigenvalue weighted by atomic mass is 10.1. The molecule has 4 nitrogen and oxygen atoms in total. The fourth-order valence-corrected chi connectivity index (χ4v) is 1.22. The summed E-state index contributed by atoms with van der Waals surface area (Å²) in [5.41, 5.74) is 0.961. The third-order valence-corrected chi connectivity index (χ3v) is 2.44. The summed E-state index contributed by atoms with van der Waals surface area (Å²) in [5.74, 6) is -0.612. The average molecular weight is 300 g/mol. The Kier molecular flexibility index (Phi) is 4.28. The van der Waals surface area contributed by atoms with E-state index in [1.807, 2.05) is 0 Å². The van der Waals surface area contributed by atoms with Crippen LogP contribution >= 0.6 is 15.9 Å². The second-order valence-corrected chi connectivity index (χ2v) is 5.98. The van der Waals surface area contributed by atoms with Gasteiger partial charge >= 0.3 is 5.97 Å². The molecule has 5 heteroatoms. The quantitative estimate of drug-likeness (QED) is 0.689. The van der Waals surface area contributed by atoms with Crippen molar-refractivity contribution in [3.63, 3.8) is 0 Å². The Morgan fingerprint density at radius 2 is 2.00 bits per heavy atom. The van der Waals surface area contributed by atoms with Crippen LogP contribution < -0.4 is 5.32 Å². The van der Waals surface area contributed by atoms with Crippen LogP contribution in [0.2, 0.25) is 0 Å². The Morgan fingerprint density at radius 1 is 1.35 bits per heavy atom. The van der Waals surface area contributed by atoms with Gasteiger partial charge < -0.3 is 10.1 Å². The predicted molar refractivity (Wildman–Crippen MR) is 69.4 cm³/mol. The van der Waals surface area contributed by atoms with Gasteiger partial charge in [0.15, 0.2) is 0 Å². The number of hydrogen-bond donors (Lipinski definition) is 1. The highest BCUT2D eigenvalue weighted by Gasteiger charge is 2.23. The van der Waals surface area contributed by atoms with Gasteiger partial charge in [-0.05, 0) is 32.0 Å². The normalized spacial score (nSPS) is 10.8. The number of alkyl halides is 1. The molecule has 0 atom stereocenters. The maximum Gasteiger partial charge on any atom is 0.337 e. The van der Waals surface area contributed by atoms with Crippen molar-refractivity contribution in [2.75, 3.05) is 12.4 Å². The van der Waals surface area contributed by atoms with Crippen LogP contribution in [-0.4, -0.2) is 23.3 Å². The maximum atomic E-state index is 11.7. The summed E-state index contributed by atoms with van der Waals surface area (Å²) in [7, 11) is 1.31. The Balaban J connectivity index is 2.87. The number of nitrogens with one attached hydrogen (secondary N) is 1. The van der Waals surface area contributed by atoms with Gasteiger partial charge in [-0.3, -0.25) is 4.79 Å². The summed E-state index contributed by atoms with van der Waals surface area (Å²) in [6, 6.07) is 6.59. The molecule has 1 N–H and O–H groups in total. The van der Waals surface area contributed by atoms with Crippen molar-refractivity contribution >= 4 is 33.5 Å². The monoisotopic (exact) mass is 299 g/mol. The third kappa shape index (κ3) is 3.85. The first-order valence-corrected chi connectivity index (χ1v) is 5.82. The van der Waals surface area contributed by atoms with Crippen LogP contribution in [0, 0.1) is 0 Å². The van der Waals surface area contributed by atoms with Crippen LogP contribution in [-0.2, 0) is 9.53 Å². The van der Waals surface area contributed by atoms with Gasteiger partial charge in [0.05, 0.1) is 17.0 Å². The molecule has 0 spiro atoms. The molecule has 1 rings (SSSR count). The fraction of sp³-hybridized carbons (Fsp3) is 0.333. The molecule has 1 aromatic carbocycles. The van der Waals surface area contributed by atoms with Crippen LogP contribution in [0.5, 0.6) is 0 Å². The van der Waals surface area contributed by atoms with Crippen LogP contribution in [0.25, 0.3) is 0 Å². The molecule has 0 saturated carbocycles. The molecule has 0 aromatic heterocycles. The molecule has 0 unspecified atom stereocenters. The molecule has 1 aromatic rings. The standard InChI is InChI=1S/C12H14BrNO3/c1-12(2,13)11(16)14-9-6-4-5-8(7-9)10(15)17-3/h4-7H,1-3H3,(H,14,16). The van der Waals surface area contributed by atoms with Crippen molar-refractivity contribution in [1.29, 1.82) is 0 Å². The number of amides is 1. The van der Waals surface area contributed by atoms with E-state index in [2.05, 4.69) is 26.0 Å². The van der Waals surface area contributed by atoms with Crippen LogP contribution in [0.15, 0.2) is 24.3 Å². The molecule has 1 amide bonds. The topological polar surface area (TPSA) is 55.4 Å². The number of ether oxygens (including phenoxy) is 1. The van der Waals surface area contributed by atoms with E-state index in [-0.39, 0.29) is 5.91 Å². The Morgan fingerprint density at radius 3 is 2.53 bits per heavy atom. The molecular weight excluding hydrogens is 286 g/mol. The van der Waals surface area contributed by atoms with Crippen molar-refractivity contribution in [3.8, 4) is 0 Å². The molecule has 0 aliphatic heterocycles. The van der Waals surface area contributed by atoms with E-state index in [0.29, 0.717) is 11.3 Å². The molecule has 0 heterocycles. The number of halogens is 1. The molecule has 0 bridgehead atoms. The van der Waals surface area contributed by atoms with E-state index in [1.165, 1.54) is 7.11 Å². The second kappa shape index (κ2) is 5.31. The zero-order chi connectivity index (χ0) is 13.1. The molecule has 0 aliphatic rings. The van der Waals surface area contributed by atoms with Gasteiger partial charge in [0.25, 0.3) is 0 Å². The maximum absolute atomic E-state index is 11.7. The lowest BCUT2D eigenvalue weighted by Crippen LogP contribution is -2.31. The third-order valence-electron chi connectivity index (χ3n) is 2.08. The molecule has 0 aliphatic carbocycles. The molecular formula is C12H14BrNO3. The Hall–Kier alpha value is -1.36. The van der Waals surface area contributed by atoms with Gasteiger partial charge in [0.2, 0.25) is 5.91 Å². The van der Waals surface area contributed by atoms with Crippen molar-refractivity contribution in [2.24, 2.45) is 0 Å². The minimum Gasteiger partial charge on any atom is -0.465 e. The molecule has 0 fully saturated rings. The zero-order valence-electron chi connectivity index (χ0n) is 9.91. The van der Waals surface area contributed by atoms with Crippen molar-refractivity contribution in [1.82, 2.24) is 0 Å². The first kappa shape index (κ1) is 13.7. The van der Waals surface area contributed by atoms with Gasteiger partial charge in [0.1, 0.15) is 0 Å². The first-order chi connectivity index (χ1) is 7.84. The lowest BCUT2D eigenvalue weighted by molar-refractivity contribution is -0.117. The molecule has 92 valence electrons. The van der Waals surface area contributed by atoms with Crippen LogP contribution in [0.3, 0.4) is 0 Å². The van der Waals surface area contributed by atoms with Gasteiger partial charge in [-0.2, -0.15) is 0 Å². The highest BCUT2D eigenvalue weighted by Crippen LogP contribution is 2.19. The van der Waals surface area contributed by atoms with Crippen molar-refractivity contribution in [3.05, 3.63) is 29.8 Å². The summed E-state index contributed by atoms with van der Waals surface area (Å²) in [4.78, 5) is 23.0. The second-order valence-electron chi connectivity index (χ2n) is 4.00. The van der Waals surface area contributed by atoms with Crippen LogP contribution in [0.1, 0.15) is 24.2 Å². The van der Waals surface area contributed by atoms with Gasteiger partial charge in [-0.1, -0.05) is 22.0 Å². The highest BCUT2D eigenvalue weighted by molar-refractivity contribution is 9.10. The number of anilines is 1. The molecule has 17 heavy (non-hydrogen) atoms. The van der Waals surface area contributed by atoms with Crippen molar-refractivity contribution < 1.29 is 14.3 Å². The van der Waals surface area contributed by atoms with E-state index >= 15 is 0 Å². The summed E-state index contributed by atoms with van der Waals surface area (Å²) >= 11 is 3.26. The van der Waals surface area contributed by atoms with Crippen LogP contribution in [0.4, 0.5) is 5.69 Å². The van der Waals surface area contributed by atoms with Crippen molar-refractivity contribution in [2.45, 2.75) is 18.2 Å². The van der Waals surface area contributed by atoms with E-state index in [0.717, 1.165) is 0 Å². The Labute approximate surface area is 108 Å². The number of benzene rings is 1. The number of carbonyl (C=O) groups excluding carboxylic acids is 2. The largest absolute Gasteiger partial charge is 0.465 e. The summed E-state index contributed by atoms with van der Waals surface area (Å²) in [5, 5.41) is 2.71.